The Morgan fingerprint density at radius 2 is 1.76 bits per heavy atom. The lowest BCUT2D eigenvalue weighted by atomic mass is 10.3. The average Bonchev–Trinajstić information content (AvgIpc) is 2.46. The summed E-state index contributed by atoms with van der Waals surface area (Å²) in [5.74, 6) is -0.601. The SMILES string of the molecule is CSc1ccc(S(=O)(=O)N(C)c2ccc(Br)cc2F)cc1. The highest BCUT2D eigenvalue weighted by Gasteiger charge is 2.23. The molecule has 0 N–H and O–H groups in total. The van der Waals surface area contributed by atoms with E-state index in [0.29, 0.717) is 4.47 Å². The zero-order chi connectivity index (χ0) is 15.6. The molecule has 0 aliphatic heterocycles. The molecule has 112 valence electrons. The van der Waals surface area contributed by atoms with Crippen LogP contribution in [0.15, 0.2) is 56.7 Å². The first-order valence-electron chi connectivity index (χ1n) is 5.94. The number of hydrogen-bond donors (Lipinski definition) is 0. The summed E-state index contributed by atoms with van der Waals surface area (Å²) in [7, 11) is -2.45. The minimum absolute atomic E-state index is 0.00661. The van der Waals surface area contributed by atoms with Crippen LogP contribution in [-0.4, -0.2) is 21.7 Å². The molecule has 2 rings (SSSR count). The van der Waals surface area contributed by atoms with Crippen LogP contribution in [0.5, 0.6) is 0 Å². The van der Waals surface area contributed by atoms with Crippen LogP contribution in [0.1, 0.15) is 0 Å². The third kappa shape index (κ3) is 3.41. The van der Waals surface area contributed by atoms with Crippen LogP contribution in [0.3, 0.4) is 0 Å². The normalized spacial score (nSPS) is 11.4. The lowest BCUT2D eigenvalue weighted by molar-refractivity contribution is 0.589. The van der Waals surface area contributed by atoms with Gasteiger partial charge in [-0.3, -0.25) is 4.31 Å². The van der Waals surface area contributed by atoms with Crippen molar-refractivity contribution in [3.8, 4) is 0 Å². The molecule has 0 spiro atoms. The van der Waals surface area contributed by atoms with Gasteiger partial charge in [0.05, 0.1) is 10.6 Å². The number of hydrogen-bond acceptors (Lipinski definition) is 3. The molecule has 0 bridgehead atoms. The topological polar surface area (TPSA) is 37.4 Å². The zero-order valence-corrected chi connectivity index (χ0v) is 14.6. The molecule has 0 fully saturated rings. The summed E-state index contributed by atoms with van der Waals surface area (Å²) in [4.78, 5) is 1.09. The smallest absolute Gasteiger partial charge is 0.264 e. The number of anilines is 1. The van der Waals surface area contributed by atoms with Gasteiger partial charge in [-0.15, -0.1) is 11.8 Å². The molecule has 0 amide bonds. The van der Waals surface area contributed by atoms with Crippen molar-refractivity contribution >= 4 is 43.4 Å². The monoisotopic (exact) mass is 389 g/mol. The van der Waals surface area contributed by atoms with Gasteiger partial charge in [0.15, 0.2) is 0 Å². The van der Waals surface area contributed by atoms with Crippen molar-refractivity contribution in [3.05, 3.63) is 52.8 Å². The largest absolute Gasteiger partial charge is 0.266 e. The van der Waals surface area contributed by atoms with E-state index in [0.717, 1.165) is 9.20 Å². The average molecular weight is 390 g/mol. The molecule has 0 aromatic heterocycles. The Kier molecular flexibility index (Phi) is 4.95. The molecule has 0 saturated carbocycles. The molecule has 3 nitrogen and oxygen atoms in total. The first-order valence-corrected chi connectivity index (χ1v) is 9.40. The van der Waals surface area contributed by atoms with Gasteiger partial charge in [-0.05, 0) is 48.7 Å². The molecule has 0 atom stereocenters. The highest BCUT2D eigenvalue weighted by atomic mass is 79.9. The van der Waals surface area contributed by atoms with Gasteiger partial charge in [0.25, 0.3) is 10.0 Å². The number of sulfonamides is 1. The van der Waals surface area contributed by atoms with Gasteiger partial charge in [-0.2, -0.15) is 0 Å². The standard InChI is InChI=1S/C14H13BrFNO2S2/c1-17(14-8-3-10(15)9-13(14)16)21(18,19)12-6-4-11(20-2)5-7-12/h3-9H,1-2H3. The van der Waals surface area contributed by atoms with E-state index in [-0.39, 0.29) is 10.6 Å². The number of nitrogens with zero attached hydrogens (tertiary/aromatic N) is 1. The van der Waals surface area contributed by atoms with Gasteiger partial charge < -0.3 is 0 Å². The second-order valence-corrected chi connectivity index (χ2v) is 8.01. The van der Waals surface area contributed by atoms with Crippen molar-refractivity contribution in [1.29, 1.82) is 0 Å². The zero-order valence-electron chi connectivity index (χ0n) is 11.4. The van der Waals surface area contributed by atoms with Gasteiger partial charge in [-0.25, -0.2) is 12.8 Å². The quantitative estimate of drug-likeness (QED) is 0.737. The lowest BCUT2D eigenvalue weighted by Crippen LogP contribution is -2.27. The van der Waals surface area contributed by atoms with Gasteiger partial charge in [-0.1, -0.05) is 15.9 Å². The first-order chi connectivity index (χ1) is 9.86. The number of halogens is 2. The highest BCUT2D eigenvalue weighted by Crippen LogP contribution is 2.27. The van der Waals surface area contributed by atoms with Crippen molar-refractivity contribution < 1.29 is 12.8 Å². The molecular formula is C14H13BrFNO2S2. The number of thioether (sulfide) groups is 1. The third-order valence-electron chi connectivity index (χ3n) is 2.97. The van der Waals surface area contributed by atoms with Crippen molar-refractivity contribution in [3.63, 3.8) is 0 Å². The van der Waals surface area contributed by atoms with Crippen LogP contribution < -0.4 is 4.31 Å². The molecular weight excluding hydrogens is 377 g/mol. The highest BCUT2D eigenvalue weighted by molar-refractivity contribution is 9.10. The van der Waals surface area contributed by atoms with Crippen LogP contribution in [0.25, 0.3) is 0 Å². The van der Waals surface area contributed by atoms with Gasteiger partial charge in [0.2, 0.25) is 0 Å². The second kappa shape index (κ2) is 6.37. The molecule has 21 heavy (non-hydrogen) atoms. The van der Waals surface area contributed by atoms with Gasteiger partial charge in [0, 0.05) is 16.4 Å². The summed E-state index contributed by atoms with van der Waals surface area (Å²) < 4.78 is 40.4. The Balaban J connectivity index is 2.42. The Bertz CT molecular complexity index is 748. The van der Waals surface area contributed by atoms with Gasteiger partial charge >= 0.3 is 0 Å². The van der Waals surface area contributed by atoms with Gasteiger partial charge in [0.1, 0.15) is 5.82 Å². The molecule has 2 aromatic rings. The molecule has 7 heteroatoms. The van der Waals surface area contributed by atoms with E-state index in [1.165, 1.54) is 43.1 Å². The first kappa shape index (κ1) is 16.3. The second-order valence-electron chi connectivity index (χ2n) is 4.24. The summed E-state index contributed by atoms with van der Waals surface area (Å²) in [6.07, 6.45) is 1.91. The number of benzene rings is 2. The fraction of sp³-hybridized carbons (Fsp3) is 0.143. The van der Waals surface area contributed by atoms with E-state index in [9.17, 15) is 12.8 Å². The summed E-state index contributed by atoms with van der Waals surface area (Å²) >= 11 is 4.67. The molecule has 0 aliphatic carbocycles. The Hall–Kier alpha value is -1.05. The van der Waals surface area contributed by atoms with Crippen LogP contribution in [0.2, 0.25) is 0 Å². The Morgan fingerprint density at radius 1 is 1.14 bits per heavy atom. The molecule has 0 saturated heterocycles. The van der Waals surface area contributed by atoms with Crippen molar-refractivity contribution in [2.45, 2.75) is 9.79 Å². The maximum absolute atomic E-state index is 13.9. The van der Waals surface area contributed by atoms with Crippen molar-refractivity contribution in [2.75, 3.05) is 17.6 Å². The fourth-order valence-electron chi connectivity index (χ4n) is 1.77. The van der Waals surface area contributed by atoms with Crippen LogP contribution in [0.4, 0.5) is 10.1 Å². The van der Waals surface area contributed by atoms with Crippen LogP contribution >= 0.6 is 27.7 Å². The maximum atomic E-state index is 13.9. The lowest BCUT2D eigenvalue weighted by Gasteiger charge is -2.20. The Morgan fingerprint density at radius 3 is 2.29 bits per heavy atom. The van der Waals surface area contributed by atoms with E-state index in [1.807, 2.05) is 6.26 Å². The van der Waals surface area contributed by atoms with Crippen molar-refractivity contribution in [2.24, 2.45) is 0 Å². The maximum Gasteiger partial charge on any atom is 0.264 e. The minimum atomic E-state index is -3.78. The molecule has 0 radical (unpaired) electrons. The number of rotatable bonds is 4. The van der Waals surface area contributed by atoms with Crippen LogP contribution in [-0.2, 0) is 10.0 Å². The molecule has 0 heterocycles. The third-order valence-corrected chi connectivity index (χ3v) is 5.99. The van der Waals surface area contributed by atoms with E-state index in [1.54, 1.807) is 18.2 Å². The Labute approximate surface area is 136 Å². The molecule has 0 aliphatic rings. The molecule has 2 aromatic carbocycles. The van der Waals surface area contributed by atoms with Crippen LogP contribution in [0, 0.1) is 5.82 Å². The summed E-state index contributed by atoms with van der Waals surface area (Å²) in [5.41, 5.74) is 0.00661. The fourth-order valence-corrected chi connectivity index (χ4v) is 3.72. The van der Waals surface area contributed by atoms with E-state index < -0.39 is 15.8 Å². The summed E-state index contributed by atoms with van der Waals surface area (Å²) in [6, 6.07) is 10.8. The summed E-state index contributed by atoms with van der Waals surface area (Å²) in [5, 5.41) is 0. The molecule has 0 unspecified atom stereocenters. The predicted molar refractivity (Wildman–Crippen MR) is 87.9 cm³/mol. The van der Waals surface area contributed by atoms with E-state index in [4.69, 9.17) is 0 Å². The van der Waals surface area contributed by atoms with Crippen molar-refractivity contribution in [1.82, 2.24) is 0 Å². The predicted octanol–water partition coefficient (Wildman–Crippen LogP) is 4.14. The van der Waals surface area contributed by atoms with E-state index in [2.05, 4.69) is 15.9 Å². The minimum Gasteiger partial charge on any atom is -0.266 e. The summed E-state index contributed by atoms with van der Waals surface area (Å²) in [6.45, 7) is 0. The van der Waals surface area contributed by atoms with E-state index >= 15 is 0 Å².